The van der Waals surface area contributed by atoms with Crippen LogP contribution in [0.25, 0.3) is 0 Å². The van der Waals surface area contributed by atoms with Crippen LogP contribution in [0.1, 0.15) is 55.5 Å². The van der Waals surface area contributed by atoms with Crippen molar-refractivity contribution in [2.75, 3.05) is 23.9 Å². The summed E-state index contributed by atoms with van der Waals surface area (Å²) >= 11 is 1.49. The fourth-order valence-electron chi connectivity index (χ4n) is 4.07. The first-order valence-corrected chi connectivity index (χ1v) is 14.0. The lowest BCUT2D eigenvalue weighted by Gasteiger charge is -2.33. The quantitative estimate of drug-likeness (QED) is 0.352. The highest BCUT2D eigenvalue weighted by molar-refractivity contribution is 7.98. The molecular weight excluding hydrogens is 516 g/mol. The van der Waals surface area contributed by atoms with Crippen molar-refractivity contribution in [3.8, 4) is 11.8 Å². The van der Waals surface area contributed by atoms with Crippen molar-refractivity contribution in [2.45, 2.75) is 65.6 Å². The molecule has 2 rings (SSSR count). The zero-order chi connectivity index (χ0) is 29.3. The first kappa shape index (κ1) is 31.5. The highest BCUT2D eigenvalue weighted by Crippen LogP contribution is 2.34. The molecule has 0 saturated carbocycles. The van der Waals surface area contributed by atoms with Gasteiger partial charge in [-0.2, -0.15) is 17.0 Å². The number of rotatable bonds is 10. The highest BCUT2D eigenvalue weighted by Gasteiger charge is 2.38. The van der Waals surface area contributed by atoms with Crippen LogP contribution in [0.4, 0.5) is 10.5 Å². The van der Waals surface area contributed by atoms with Crippen LogP contribution in [0.2, 0.25) is 0 Å². The lowest BCUT2D eigenvalue weighted by Crippen LogP contribution is -2.52. The van der Waals surface area contributed by atoms with Crippen molar-refractivity contribution in [2.24, 2.45) is 0 Å². The van der Waals surface area contributed by atoms with Gasteiger partial charge in [0, 0.05) is 11.3 Å². The van der Waals surface area contributed by atoms with Crippen LogP contribution < -0.4 is 10.6 Å². The Morgan fingerprint density at radius 1 is 1.08 bits per heavy atom. The van der Waals surface area contributed by atoms with Gasteiger partial charge in [-0.1, -0.05) is 36.4 Å². The second-order valence-corrected chi connectivity index (χ2v) is 11.3. The van der Waals surface area contributed by atoms with E-state index in [2.05, 4.69) is 10.6 Å². The van der Waals surface area contributed by atoms with Gasteiger partial charge in [-0.25, -0.2) is 4.79 Å². The fraction of sp³-hybridized carbons (Fsp3) is 0.448. The highest BCUT2D eigenvalue weighted by atomic mass is 32.2. The maximum absolute atomic E-state index is 14.0. The Balaban J connectivity index is 2.59. The number of nitrogens with one attached hydrogen (secondary N) is 2. The molecule has 0 bridgehead atoms. The van der Waals surface area contributed by atoms with Crippen molar-refractivity contribution in [3.05, 3.63) is 58.7 Å². The van der Waals surface area contributed by atoms with E-state index in [0.717, 1.165) is 16.0 Å². The number of phenolic OH excluding ortho intramolecular Hbond substituents is 1. The molecule has 2 aromatic rings. The van der Waals surface area contributed by atoms with Crippen molar-refractivity contribution in [1.29, 1.82) is 5.26 Å². The molecule has 2 unspecified atom stereocenters. The average Bonchev–Trinajstić information content (AvgIpc) is 2.84. The number of ether oxygens (including phenoxy) is 1. The Kier molecular flexibility index (Phi) is 11.2. The number of thioether (sulfide) groups is 1. The van der Waals surface area contributed by atoms with Gasteiger partial charge in [-0.15, -0.1) is 0 Å². The number of aromatic hydroxyl groups is 1. The van der Waals surface area contributed by atoms with Crippen LogP contribution in [0.15, 0.2) is 36.4 Å². The number of nitrogens with zero attached hydrogens (tertiary/aromatic N) is 2. The number of amides is 3. The smallest absolute Gasteiger partial charge is 0.408 e. The Labute approximate surface area is 234 Å². The van der Waals surface area contributed by atoms with Crippen LogP contribution >= 0.6 is 11.8 Å². The molecule has 2 aromatic carbocycles. The molecule has 2 atom stereocenters. The molecule has 39 heavy (non-hydrogen) atoms. The van der Waals surface area contributed by atoms with E-state index in [9.17, 15) is 24.8 Å². The molecule has 0 heterocycles. The summed E-state index contributed by atoms with van der Waals surface area (Å²) in [7, 11) is 0. The molecule has 0 spiro atoms. The number of alkyl carbamates (subject to hydrolysis) is 1. The summed E-state index contributed by atoms with van der Waals surface area (Å²) in [4.78, 5) is 41.6. The second-order valence-electron chi connectivity index (χ2n) is 10.3. The SMILES string of the molecule is CSCCC(NC(=O)OC(C)(C)C)C(=O)N(CC#N)C(C(=O)Nc1c(C)cccc1C)c1cccc(C)c1O. The molecule has 3 amide bonds. The third-order valence-electron chi connectivity index (χ3n) is 5.98. The topological polar surface area (TPSA) is 132 Å². The van der Waals surface area contributed by atoms with Crippen molar-refractivity contribution in [3.63, 3.8) is 0 Å². The number of carbonyl (C=O) groups excluding carboxylic acids is 3. The summed E-state index contributed by atoms with van der Waals surface area (Å²) in [5.74, 6) is -0.867. The van der Waals surface area contributed by atoms with Crippen molar-refractivity contribution >= 4 is 35.4 Å². The largest absolute Gasteiger partial charge is 0.507 e. The third-order valence-corrected chi connectivity index (χ3v) is 6.62. The average molecular weight is 555 g/mol. The summed E-state index contributed by atoms with van der Waals surface area (Å²) in [5.41, 5.74) is 2.10. The summed E-state index contributed by atoms with van der Waals surface area (Å²) in [6.07, 6.45) is 1.33. The molecule has 0 radical (unpaired) electrons. The molecule has 0 aliphatic rings. The van der Waals surface area contributed by atoms with Gasteiger partial charge >= 0.3 is 6.09 Å². The predicted octanol–water partition coefficient (Wildman–Crippen LogP) is 5.00. The number of hydrogen-bond acceptors (Lipinski definition) is 7. The lowest BCUT2D eigenvalue weighted by atomic mass is 9.98. The number of nitriles is 1. The Morgan fingerprint density at radius 3 is 2.23 bits per heavy atom. The fourth-order valence-corrected chi connectivity index (χ4v) is 4.54. The van der Waals surface area contributed by atoms with Gasteiger partial charge in [-0.3, -0.25) is 9.59 Å². The normalized spacial score (nSPS) is 12.6. The van der Waals surface area contributed by atoms with E-state index < -0.39 is 42.1 Å². The molecule has 0 aliphatic carbocycles. The predicted molar refractivity (Wildman–Crippen MR) is 154 cm³/mol. The van der Waals surface area contributed by atoms with E-state index in [0.29, 0.717) is 17.0 Å². The minimum Gasteiger partial charge on any atom is -0.507 e. The van der Waals surface area contributed by atoms with Gasteiger partial charge in [0.2, 0.25) is 5.91 Å². The van der Waals surface area contributed by atoms with Gasteiger partial charge in [0.05, 0.1) is 6.07 Å². The molecule has 0 fully saturated rings. The van der Waals surface area contributed by atoms with Crippen LogP contribution in [0, 0.1) is 32.1 Å². The lowest BCUT2D eigenvalue weighted by molar-refractivity contribution is -0.140. The van der Waals surface area contributed by atoms with E-state index in [1.807, 2.05) is 44.4 Å². The summed E-state index contributed by atoms with van der Waals surface area (Å²) < 4.78 is 5.36. The van der Waals surface area contributed by atoms with E-state index in [1.54, 1.807) is 45.9 Å². The number of benzene rings is 2. The standard InChI is InChI=1S/C29H38N4O5S/c1-18-10-8-11-19(2)23(18)32-26(35)24(21-13-9-12-20(3)25(21)34)33(16-15-30)27(36)22(14-17-39-7)31-28(37)38-29(4,5)6/h8-13,22,24,34H,14,16-17H2,1-7H3,(H,31,37)(H,32,35). The molecule has 0 saturated heterocycles. The number of anilines is 1. The summed E-state index contributed by atoms with van der Waals surface area (Å²) in [5, 5.41) is 26.2. The Morgan fingerprint density at radius 2 is 1.67 bits per heavy atom. The molecule has 9 nitrogen and oxygen atoms in total. The number of aryl methyl sites for hydroxylation is 3. The molecule has 10 heteroatoms. The maximum Gasteiger partial charge on any atom is 0.408 e. The zero-order valence-electron chi connectivity index (χ0n) is 23.6. The van der Waals surface area contributed by atoms with E-state index >= 15 is 0 Å². The zero-order valence-corrected chi connectivity index (χ0v) is 24.4. The first-order valence-electron chi connectivity index (χ1n) is 12.6. The molecular formula is C29H38N4O5S. The van der Waals surface area contributed by atoms with Crippen molar-refractivity contribution in [1.82, 2.24) is 10.2 Å². The van der Waals surface area contributed by atoms with Gasteiger partial charge in [0.15, 0.2) is 0 Å². The van der Waals surface area contributed by atoms with Gasteiger partial charge in [0.1, 0.15) is 30.0 Å². The summed E-state index contributed by atoms with van der Waals surface area (Å²) in [6, 6.07) is 10.0. The Hall–Kier alpha value is -3.71. The van der Waals surface area contributed by atoms with Gasteiger partial charge in [0.25, 0.3) is 5.91 Å². The number of phenols is 1. The molecule has 3 N–H and O–H groups in total. The maximum atomic E-state index is 14.0. The minimum atomic E-state index is -1.35. The third kappa shape index (κ3) is 8.65. The molecule has 0 aromatic heterocycles. The van der Waals surface area contributed by atoms with E-state index in [4.69, 9.17) is 4.74 Å². The van der Waals surface area contributed by atoms with Gasteiger partial charge in [-0.05, 0) is 76.7 Å². The Bertz CT molecular complexity index is 1210. The number of para-hydroxylation sites is 2. The van der Waals surface area contributed by atoms with Gasteiger partial charge < -0.3 is 25.4 Å². The first-order chi connectivity index (χ1) is 18.3. The van der Waals surface area contributed by atoms with Crippen LogP contribution in [0.5, 0.6) is 5.75 Å². The monoisotopic (exact) mass is 554 g/mol. The van der Waals surface area contributed by atoms with Crippen LogP contribution in [0.3, 0.4) is 0 Å². The summed E-state index contributed by atoms with van der Waals surface area (Å²) in [6.45, 7) is 10.1. The second kappa shape index (κ2) is 13.9. The number of hydrogen-bond donors (Lipinski definition) is 3. The van der Waals surface area contributed by atoms with Crippen LogP contribution in [-0.4, -0.2) is 58.1 Å². The van der Waals surface area contributed by atoms with E-state index in [-0.39, 0.29) is 17.7 Å². The van der Waals surface area contributed by atoms with Crippen LogP contribution in [-0.2, 0) is 14.3 Å². The molecule has 210 valence electrons. The molecule has 0 aliphatic heterocycles. The van der Waals surface area contributed by atoms with Crippen molar-refractivity contribution < 1.29 is 24.2 Å². The van der Waals surface area contributed by atoms with E-state index in [1.165, 1.54) is 11.8 Å². The number of carbonyl (C=O) groups is 3. The minimum absolute atomic E-state index is 0.157.